The lowest BCUT2D eigenvalue weighted by Crippen LogP contribution is -2.23. The number of nitrogens with one attached hydrogen (secondary N) is 1. The number of pyridine rings is 1. The van der Waals surface area contributed by atoms with E-state index in [1.165, 1.54) is 24.5 Å². The molecule has 0 unspecified atom stereocenters. The Morgan fingerprint density at radius 3 is 2.74 bits per heavy atom. The molecule has 0 aliphatic carbocycles. The molecule has 3 rings (SSSR count). The summed E-state index contributed by atoms with van der Waals surface area (Å²) in [6.07, 6.45) is 3.11. The minimum atomic E-state index is -3.78. The molecule has 2 aromatic heterocycles. The third-order valence-electron chi connectivity index (χ3n) is 3.17. The van der Waals surface area contributed by atoms with Crippen molar-refractivity contribution in [2.75, 3.05) is 0 Å². The zero-order valence-electron chi connectivity index (χ0n) is 11.9. The molecule has 0 aliphatic heterocycles. The SMILES string of the molecule is O=S(=O)(NCc1ccnc(-c2ccco2)c1)c1cccc(F)c1. The van der Waals surface area contributed by atoms with Crippen molar-refractivity contribution in [3.63, 3.8) is 0 Å². The first kappa shape index (κ1) is 15.4. The van der Waals surface area contributed by atoms with Crippen LogP contribution in [0.2, 0.25) is 0 Å². The van der Waals surface area contributed by atoms with Crippen molar-refractivity contribution in [2.24, 2.45) is 0 Å². The van der Waals surface area contributed by atoms with Crippen molar-refractivity contribution in [3.8, 4) is 11.5 Å². The smallest absolute Gasteiger partial charge is 0.240 e. The Hall–Kier alpha value is -2.51. The van der Waals surface area contributed by atoms with Gasteiger partial charge in [0.2, 0.25) is 10.0 Å². The van der Waals surface area contributed by atoms with E-state index in [-0.39, 0.29) is 11.4 Å². The van der Waals surface area contributed by atoms with Crippen molar-refractivity contribution >= 4 is 10.0 Å². The van der Waals surface area contributed by atoms with Crippen LogP contribution in [-0.2, 0) is 16.6 Å². The van der Waals surface area contributed by atoms with Crippen LogP contribution in [0.4, 0.5) is 4.39 Å². The van der Waals surface area contributed by atoms with E-state index >= 15 is 0 Å². The van der Waals surface area contributed by atoms with Gasteiger partial charge in [-0.15, -0.1) is 0 Å². The topological polar surface area (TPSA) is 72.2 Å². The van der Waals surface area contributed by atoms with Crippen molar-refractivity contribution in [1.29, 1.82) is 0 Å². The fourth-order valence-electron chi connectivity index (χ4n) is 2.04. The molecule has 23 heavy (non-hydrogen) atoms. The van der Waals surface area contributed by atoms with E-state index in [4.69, 9.17) is 4.42 Å². The second-order valence-corrected chi connectivity index (χ2v) is 6.58. The van der Waals surface area contributed by atoms with Crippen LogP contribution < -0.4 is 4.72 Å². The largest absolute Gasteiger partial charge is 0.463 e. The molecule has 118 valence electrons. The minimum absolute atomic E-state index is 0.0646. The summed E-state index contributed by atoms with van der Waals surface area (Å²) in [4.78, 5) is 4.06. The molecular weight excluding hydrogens is 319 g/mol. The quantitative estimate of drug-likeness (QED) is 0.780. The average molecular weight is 332 g/mol. The number of rotatable bonds is 5. The van der Waals surface area contributed by atoms with Crippen molar-refractivity contribution in [2.45, 2.75) is 11.4 Å². The second kappa shape index (κ2) is 6.31. The van der Waals surface area contributed by atoms with Crippen molar-refractivity contribution < 1.29 is 17.2 Å². The molecule has 0 saturated carbocycles. The lowest BCUT2D eigenvalue weighted by Gasteiger charge is -2.07. The van der Waals surface area contributed by atoms with E-state index < -0.39 is 15.8 Å². The van der Waals surface area contributed by atoms with Gasteiger partial charge in [0.15, 0.2) is 5.76 Å². The Labute approximate surface area is 132 Å². The molecule has 3 aromatic rings. The lowest BCUT2D eigenvalue weighted by molar-refractivity contribution is 0.577. The number of aromatic nitrogens is 1. The zero-order valence-corrected chi connectivity index (χ0v) is 12.8. The normalized spacial score (nSPS) is 11.5. The molecule has 0 radical (unpaired) electrons. The standard InChI is InChI=1S/C16H13FN2O3S/c17-13-3-1-4-14(10-13)23(20,21)19-11-12-6-7-18-15(9-12)16-5-2-8-22-16/h1-10,19H,11H2. The molecule has 1 aromatic carbocycles. The summed E-state index contributed by atoms with van der Waals surface area (Å²) in [5, 5.41) is 0. The summed E-state index contributed by atoms with van der Waals surface area (Å²) in [5.41, 5.74) is 1.32. The van der Waals surface area contributed by atoms with E-state index in [0.29, 0.717) is 17.0 Å². The highest BCUT2D eigenvalue weighted by atomic mass is 32.2. The molecule has 0 fully saturated rings. The molecule has 7 heteroatoms. The molecule has 0 spiro atoms. The highest BCUT2D eigenvalue weighted by Crippen LogP contribution is 2.18. The van der Waals surface area contributed by atoms with Gasteiger partial charge in [0.05, 0.1) is 11.2 Å². The van der Waals surface area contributed by atoms with Gasteiger partial charge >= 0.3 is 0 Å². The average Bonchev–Trinajstić information content (AvgIpc) is 3.08. The van der Waals surface area contributed by atoms with Gasteiger partial charge in [-0.25, -0.2) is 17.5 Å². The lowest BCUT2D eigenvalue weighted by atomic mass is 10.2. The van der Waals surface area contributed by atoms with Crippen LogP contribution in [0.25, 0.3) is 11.5 Å². The molecule has 0 aliphatic rings. The molecular formula is C16H13FN2O3S. The maximum Gasteiger partial charge on any atom is 0.240 e. The van der Waals surface area contributed by atoms with Crippen molar-refractivity contribution in [3.05, 3.63) is 72.4 Å². The van der Waals surface area contributed by atoms with Gasteiger partial charge in [0, 0.05) is 12.7 Å². The zero-order chi connectivity index (χ0) is 16.3. The van der Waals surface area contributed by atoms with Gasteiger partial charge in [0.25, 0.3) is 0 Å². The summed E-state index contributed by atoms with van der Waals surface area (Å²) in [5.74, 6) is -0.00303. The molecule has 0 bridgehead atoms. The van der Waals surface area contributed by atoms with E-state index in [2.05, 4.69) is 9.71 Å². The van der Waals surface area contributed by atoms with Gasteiger partial charge < -0.3 is 4.42 Å². The number of halogens is 1. The predicted molar refractivity (Wildman–Crippen MR) is 82.4 cm³/mol. The number of sulfonamides is 1. The van der Waals surface area contributed by atoms with E-state index in [9.17, 15) is 12.8 Å². The van der Waals surface area contributed by atoms with Crippen LogP contribution in [0.1, 0.15) is 5.56 Å². The maximum atomic E-state index is 13.2. The Morgan fingerprint density at radius 2 is 2.00 bits per heavy atom. The van der Waals surface area contributed by atoms with Gasteiger partial charge in [0.1, 0.15) is 11.5 Å². The summed E-state index contributed by atoms with van der Waals surface area (Å²) in [6, 6.07) is 11.8. The Kier molecular flexibility index (Phi) is 4.22. The van der Waals surface area contributed by atoms with Crippen LogP contribution in [0.15, 0.2) is 70.3 Å². The van der Waals surface area contributed by atoms with E-state index in [0.717, 1.165) is 6.07 Å². The van der Waals surface area contributed by atoms with Gasteiger partial charge in [-0.05, 0) is 48.0 Å². The van der Waals surface area contributed by atoms with Crippen molar-refractivity contribution in [1.82, 2.24) is 9.71 Å². The van der Waals surface area contributed by atoms with Crippen LogP contribution in [0.3, 0.4) is 0 Å². The third-order valence-corrected chi connectivity index (χ3v) is 4.57. The summed E-state index contributed by atoms with van der Waals surface area (Å²) >= 11 is 0. The number of furan rings is 1. The van der Waals surface area contributed by atoms with Gasteiger partial charge in [-0.2, -0.15) is 0 Å². The number of nitrogens with zero attached hydrogens (tertiary/aromatic N) is 1. The highest BCUT2D eigenvalue weighted by molar-refractivity contribution is 7.89. The predicted octanol–water partition coefficient (Wildman–Crippen LogP) is 2.96. The molecule has 2 heterocycles. The monoisotopic (exact) mass is 332 g/mol. The number of hydrogen-bond acceptors (Lipinski definition) is 4. The van der Waals surface area contributed by atoms with E-state index in [1.54, 1.807) is 30.5 Å². The first-order chi connectivity index (χ1) is 11.0. The summed E-state index contributed by atoms with van der Waals surface area (Å²) in [7, 11) is -3.78. The van der Waals surface area contributed by atoms with Gasteiger partial charge in [-0.1, -0.05) is 6.07 Å². The number of benzene rings is 1. The number of hydrogen-bond donors (Lipinski definition) is 1. The third kappa shape index (κ3) is 3.64. The first-order valence-electron chi connectivity index (χ1n) is 6.79. The molecule has 0 amide bonds. The van der Waals surface area contributed by atoms with Crippen LogP contribution in [-0.4, -0.2) is 13.4 Å². The molecule has 0 saturated heterocycles. The fourth-order valence-corrected chi connectivity index (χ4v) is 3.09. The molecule has 0 atom stereocenters. The maximum absolute atomic E-state index is 13.2. The first-order valence-corrected chi connectivity index (χ1v) is 8.27. The minimum Gasteiger partial charge on any atom is -0.463 e. The fraction of sp³-hybridized carbons (Fsp3) is 0.0625. The Bertz CT molecular complexity index is 909. The van der Waals surface area contributed by atoms with Crippen LogP contribution in [0.5, 0.6) is 0 Å². The Morgan fingerprint density at radius 1 is 1.13 bits per heavy atom. The second-order valence-electron chi connectivity index (χ2n) is 4.81. The molecule has 5 nitrogen and oxygen atoms in total. The van der Waals surface area contributed by atoms with Crippen LogP contribution >= 0.6 is 0 Å². The summed E-state index contributed by atoms with van der Waals surface area (Å²) in [6.45, 7) is 0.0646. The molecule has 1 N–H and O–H groups in total. The summed E-state index contributed by atoms with van der Waals surface area (Å²) < 4.78 is 45.2. The Balaban J connectivity index is 1.77. The van der Waals surface area contributed by atoms with Gasteiger partial charge in [-0.3, -0.25) is 4.98 Å². The van der Waals surface area contributed by atoms with E-state index in [1.807, 2.05) is 0 Å². The van der Waals surface area contributed by atoms with Crippen LogP contribution in [0, 0.1) is 5.82 Å². The highest BCUT2D eigenvalue weighted by Gasteiger charge is 2.14.